The van der Waals surface area contributed by atoms with Gasteiger partial charge in [-0.25, -0.2) is 0 Å². The van der Waals surface area contributed by atoms with Crippen molar-refractivity contribution in [3.05, 3.63) is 0 Å². The van der Waals surface area contributed by atoms with E-state index in [4.69, 9.17) is 5.73 Å². The topological polar surface area (TPSA) is 58.4 Å². The van der Waals surface area contributed by atoms with E-state index in [0.717, 1.165) is 25.8 Å². The number of carbonyl (C=O) groups excluding carboxylic acids is 1. The van der Waals surface area contributed by atoms with Crippen LogP contribution in [0.2, 0.25) is 0 Å². The van der Waals surface area contributed by atoms with Gasteiger partial charge in [0.15, 0.2) is 0 Å². The SMILES string of the molecule is CC1CCC(C(=O)NC2CN3CCC2CC3)CC1N. The summed E-state index contributed by atoms with van der Waals surface area (Å²) in [5.74, 6) is 1.70. The number of carbonyl (C=O) groups is 1. The first-order valence-electron chi connectivity index (χ1n) is 7.92. The maximum Gasteiger partial charge on any atom is 0.223 e. The van der Waals surface area contributed by atoms with Gasteiger partial charge in [-0.2, -0.15) is 0 Å². The fraction of sp³-hybridized carbons (Fsp3) is 0.933. The van der Waals surface area contributed by atoms with Gasteiger partial charge in [0.1, 0.15) is 0 Å². The predicted molar refractivity (Wildman–Crippen MR) is 75.6 cm³/mol. The van der Waals surface area contributed by atoms with Gasteiger partial charge in [-0.15, -0.1) is 0 Å². The summed E-state index contributed by atoms with van der Waals surface area (Å²) in [6, 6.07) is 0.599. The molecule has 108 valence electrons. The third kappa shape index (κ3) is 2.79. The molecule has 0 radical (unpaired) electrons. The largest absolute Gasteiger partial charge is 0.352 e. The molecule has 4 nitrogen and oxygen atoms in total. The molecule has 1 saturated carbocycles. The minimum absolute atomic E-state index is 0.154. The maximum atomic E-state index is 12.4. The van der Waals surface area contributed by atoms with Crippen molar-refractivity contribution in [2.24, 2.45) is 23.5 Å². The van der Waals surface area contributed by atoms with Crippen LogP contribution >= 0.6 is 0 Å². The molecule has 0 aromatic rings. The Hall–Kier alpha value is -0.610. The van der Waals surface area contributed by atoms with Gasteiger partial charge in [0.25, 0.3) is 0 Å². The Bertz CT molecular complexity index is 338. The number of hydrogen-bond donors (Lipinski definition) is 2. The summed E-state index contributed by atoms with van der Waals surface area (Å²) in [5, 5.41) is 3.32. The van der Waals surface area contributed by atoms with E-state index in [1.54, 1.807) is 0 Å². The quantitative estimate of drug-likeness (QED) is 0.782. The second kappa shape index (κ2) is 5.41. The lowest BCUT2D eigenvalue weighted by Crippen LogP contribution is -2.58. The third-order valence-corrected chi connectivity index (χ3v) is 5.61. The highest BCUT2D eigenvalue weighted by molar-refractivity contribution is 5.79. The van der Waals surface area contributed by atoms with Crippen LogP contribution in [0.15, 0.2) is 0 Å². The number of nitrogens with zero attached hydrogens (tertiary/aromatic N) is 1. The highest BCUT2D eigenvalue weighted by Gasteiger charge is 2.37. The number of nitrogens with two attached hydrogens (primary N) is 1. The lowest BCUT2D eigenvalue weighted by molar-refractivity contribution is -0.128. The van der Waals surface area contributed by atoms with Crippen LogP contribution in [0.3, 0.4) is 0 Å². The van der Waals surface area contributed by atoms with Gasteiger partial charge in [0.2, 0.25) is 5.91 Å². The Morgan fingerprint density at radius 2 is 1.95 bits per heavy atom. The third-order valence-electron chi connectivity index (χ3n) is 5.61. The Labute approximate surface area is 116 Å². The van der Waals surface area contributed by atoms with Crippen LogP contribution < -0.4 is 11.1 Å². The molecule has 3 saturated heterocycles. The smallest absolute Gasteiger partial charge is 0.223 e. The standard InChI is InChI=1S/C15H27N3O/c1-10-2-3-12(8-13(10)16)15(19)17-14-9-18-6-4-11(14)5-7-18/h10-14H,2-9,16H2,1H3,(H,17,19). The van der Waals surface area contributed by atoms with Crippen molar-refractivity contribution in [3.63, 3.8) is 0 Å². The van der Waals surface area contributed by atoms with E-state index < -0.39 is 0 Å². The Kier molecular flexibility index (Phi) is 3.81. The van der Waals surface area contributed by atoms with E-state index in [9.17, 15) is 4.79 Å². The summed E-state index contributed by atoms with van der Waals surface area (Å²) in [5.41, 5.74) is 6.11. The Morgan fingerprint density at radius 1 is 1.21 bits per heavy atom. The fourth-order valence-electron chi connectivity index (χ4n) is 4.02. The Balaban J connectivity index is 1.54. The summed E-state index contributed by atoms with van der Waals surface area (Å²) >= 11 is 0. The normalized spacial score (nSPS) is 46.0. The second-order valence-corrected chi connectivity index (χ2v) is 6.90. The minimum atomic E-state index is 0.154. The summed E-state index contributed by atoms with van der Waals surface area (Å²) < 4.78 is 0. The number of fused-ring (bicyclic) bond motifs is 3. The lowest BCUT2D eigenvalue weighted by Gasteiger charge is -2.45. The molecule has 3 heterocycles. The van der Waals surface area contributed by atoms with Crippen molar-refractivity contribution < 1.29 is 4.79 Å². The van der Waals surface area contributed by atoms with Crippen LogP contribution in [0.1, 0.15) is 39.0 Å². The van der Waals surface area contributed by atoms with Gasteiger partial charge >= 0.3 is 0 Å². The summed E-state index contributed by atoms with van der Waals surface area (Å²) in [6.45, 7) is 5.71. The van der Waals surface area contributed by atoms with E-state index in [1.807, 2.05) is 0 Å². The van der Waals surface area contributed by atoms with Gasteiger partial charge in [-0.1, -0.05) is 6.92 Å². The average molecular weight is 265 g/mol. The molecule has 4 fully saturated rings. The van der Waals surface area contributed by atoms with Crippen LogP contribution in [0.5, 0.6) is 0 Å². The number of piperidine rings is 3. The van der Waals surface area contributed by atoms with Crippen molar-refractivity contribution in [1.82, 2.24) is 10.2 Å². The zero-order valence-electron chi connectivity index (χ0n) is 12.0. The molecule has 4 atom stereocenters. The first-order chi connectivity index (χ1) is 9.13. The summed E-state index contributed by atoms with van der Waals surface area (Å²) in [7, 11) is 0. The van der Waals surface area contributed by atoms with Crippen molar-refractivity contribution >= 4 is 5.91 Å². The molecule has 0 aromatic heterocycles. The number of amides is 1. The molecule has 4 unspecified atom stereocenters. The minimum Gasteiger partial charge on any atom is -0.352 e. The van der Waals surface area contributed by atoms with E-state index in [-0.39, 0.29) is 17.9 Å². The van der Waals surface area contributed by atoms with Crippen molar-refractivity contribution in [2.45, 2.75) is 51.1 Å². The molecule has 19 heavy (non-hydrogen) atoms. The molecular weight excluding hydrogens is 238 g/mol. The first kappa shape index (κ1) is 13.4. The maximum absolute atomic E-state index is 12.4. The van der Waals surface area contributed by atoms with E-state index in [1.165, 1.54) is 25.9 Å². The zero-order valence-corrected chi connectivity index (χ0v) is 12.0. The number of rotatable bonds is 2. The van der Waals surface area contributed by atoms with Crippen molar-refractivity contribution in [2.75, 3.05) is 19.6 Å². The average Bonchev–Trinajstić information content (AvgIpc) is 2.43. The molecule has 4 rings (SSSR count). The highest BCUT2D eigenvalue weighted by Crippen LogP contribution is 2.30. The zero-order chi connectivity index (χ0) is 13.4. The molecule has 3 aliphatic heterocycles. The van der Waals surface area contributed by atoms with Crippen molar-refractivity contribution in [1.29, 1.82) is 0 Å². The Morgan fingerprint density at radius 3 is 2.53 bits per heavy atom. The molecule has 1 amide bonds. The molecule has 4 heteroatoms. The predicted octanol–water partition coefficient (Wildman–Crippen LogP) is 0.960. The molecule has 3 N–H and O–H groups in total. The fourth-order valence-corrected chi connectivity index (χ4v) is 4.02. The van der Waals surface area contributed by atoms with Gasteiger partial charge in [-0.05, 0) is 57.0 Å². The lowest BCUT2D eigenvalue weighted by atomic mass is 9.78. The molecule has 0 spiro atoms. The molecule has 4 aliphatic rings. The van der Waals surface area contributed by atoms with E-state index in [2.05, 4.69) is 17.1 Å². The van der Waals surface area contributed by atoms with Gasteiger partial charge in [0.05, 0.1) is 0 Å². The van der Waals surface area contributed by atoms with Gasteiger partial charge in [-0.3, -0.25) is 4.79 Å². The molecule has 0 aromatic carbocycles. The monoisotopic (exact) mass is 265 g/mol. The highest BCUT2D eigenvalue weighted by atomic mass is 16.2. The van der Waals surface area contributed by atoms with Crippen LogP contribution in [0, 0.1) is 17.8 Å². The second-order valence-electron chi connectivity index (χ2n) is 6.90. The summed E-state index contributed by atoms with van der Waals surface area (Å²) in [6.07, 6.45) is 5.49. The molecule has 1 aliphatic carbocycles. The van der Waals surface area contributed by atoms with Crippen LogP contribution in [-0.4, -0.2) is 42.5 Å². The molecule has 2 bridgehead atoms. The van der Waals surface area contributed by atoms with Crippen LogP contribution in [0.4, 0.5) is 0 Å². The van der Waals surface area contributed by atoms with Crippen LogP contribution in [-0.2, 0) is 4.79 Å². The van der Waals surface area contributed by atoms with Gasteiger partial charge < -0.3 is 16.0 Å². The van der Waals surface area contributed by atoms with E-state index in [0.29, 0.717) is 17.9 Å². The number of nitrogens with one attached hydrogen (secondary N) is 1. The first-order valence-corrected chi connectivity index (χ1v) is 7.92. The van der Waals surface area contributed by atoms with E-state index >= 15 is 0 Å². The van der Waals surface area contributed by atoms with Crippen molar-refractivity contribution in [3.8, 4) is 0 Å². The van der Waals surface area contributed by atoms with Crippen LogP contribution in [0.25, 0.3) is 0 Å². The summed E-state index contributed by atoms with van der Waals surface area (Å²) in [4.78, 5) is 14.9. The number of hydrogen-bond acceptors (Lipinski definition) is 3. The van der Waals surface area contributed by atoms with Gasteiger partial charge in [0, 0.05) is 24.5 Å². The molecular formula is C15H27N3O.